The van der Waals surface area contributed by atoms with Crippen LogP contribution in [0.15, 0.2) is 34.5 Å². The molecule has 2 aromatic rings. The highest BCUT2D eigenvalue weighted by Crippen LogP contribution is 2.39. The number of aryl methyl sites for hydroxylation is 1. The standard InChI is InChI=1S/C27H34N4O10S/c1-6-7-12-31-19-11-9-8-10-18(19)21(26(31)36)29-30-27(42)28-25-24(40-17(5)35)23(39-16(4)34)22(38-15(3)33)20(41-25)13-37-14(2)32/h8-11,20,22-25,36H,6-7,12-13H2,1-5H3,(H,28,42)/t20-,22-,23+,24-,25-/m1/s1. The number of nitrogens with zero attached hydrogens (tertiary/aromatic N) is 3. The Hall–Kier alpha value is -4.11. The van der Waals surface area contributed by atoms with Crippen LogP contribution < -0.4 is 5.32 Å². The van der Waals surface area contributed by atoms with Crippen molar-refractivity contribution in [2.45, 2.75) is 84.6 Å². The molecule has 2 N–H and O–H groups in total. The summed E-state index contributed by atoms with van der Waals surface area (Å²) in [6, 6.07) is 7.31. The molecule has 0 aliphatic carbocycles. The second kappa shape index (κ2) is 14.7. The van der Waals surface area contributed by atoms with Gasteiger partial charge < -0.3 is 38.7 Å². The number of azo groups is 1. The summed E-state index contributed by atoms with van der Waals surface area (Å²) in [6.07, 6.45) is -4.76. The molecule has 1 aliphatic heterocycles. The molecule has 5 atom stereocenters. The molecule has 3 rings (SSSR count). The van der Waals surface area contributed by atoms with Gasteiger partial charge in [0, 0.05) is 39.6 Å². The van der Waals surface area contributed by atoms with E-state index in [9.17, 15) is 24.3 Å². The highest BCUT2D eigenvalue weighted by molar-refractivity contribution is 7.80. The third-order valence-corrected chi connectivity index (χ3v) is 6.35. The molecule has 1 fully saturated rings. The number of benzene rings is 1. The van der Waals surface area contributed by atoms with E-state index >= 15 is 0 Å². The molecular formula is C27H34N4O10S. The van der Waals surface area contributed by atoms with Gasteiger partial charge >= 0.3 is 23.9 Å². The lowest BCUT2D eigenvalue weighted by molar-refractivity contribution is -0.254. The summed E-state index contributed by atoms with van der Waals surface area (Å²) < 4.78 is 28.9. The van der Waals surface area contributed by atoms with Gasteiger partial charge in [-0.25, -0.2) is 0 Å². The van der Waals surface area contributed by atoms with Crippen molar-refractivity contribution in [2.24, 2.45) is 10.2 Å². The summed E-state index contributed by atoms with van der Waals surface area (Å²) in [5.41, 5.74) is 0.975. The predicted octanol–water partition coefficient (Wildman–Crippen LogP) is 3.19. The zero-order valence-corrected chi connectivity index (χ0v) is 24.7. The number of esters is 4. The molecule has 14 nitrogen and oxygen atoms in total. The lowest BCUT2D eigenvalue weighted by atomic mass is 9.97. The Morgan fingerprint density at radius 3 is 2.21 bits per heavy atom. The van der Waals surface area contributed by atoms with E-state index in [0.717, 1.165) is 39.1 Å². The smallest absolute Gasteiger partial charge is 0.303 e. The molecule has 228 valence electrons. The monoisotopic (exact) mass is 606 g/mol. The van der Waals surface area contributed by atoms with Crippen LogP contribution in [0.5, 0.6) is 5.88 Å². The van der Waals surface area contributed by atoms with Crippen LogP contribution in [-0.2, 0) is 49.4 Å². The van der Waals surface area contributed by atoms with E-state index in [-0.39, 0.29) is 16.7 Å². The van der Waals surface area contributed by atoms with Crippen LogP contribution in [0, 0.1) is 0 Å². The number of fused-ring (bicyclic) bond motifs is 1. The molecule has 15 heteroatoms. The zero-order valence-electron chi connectivity index (χ0n) is 23.9. The van der Waals surface area contributed by atoms with Gasteiger partial charge in [0.2, 0.25) is 11.0 Å². The van der Waals surface area contributed by atoms with Crippen molar-refractivity contribution in [1.29, 1.82) is 0 Å². The first kappa shape index (κ1) is 32.4. The first-order chi connectivity index (χ1) is 19.9. The number of rotatable bonds is 10. The minimum atomic E-state index is -1.37. The molecule has 0 unspecified atom stereocenters. The molecule has 0 spiro atoms. The lowest BCUT2D eigenvalue weighted by Gasteiger charge is -2.44. The zero-order chi connectivity index (χ0) is 31.0. The maximum atomic E-state index is 12.0. The molecule has 1 saturated heterocycles. The fourth-order valence-corrected chi connectivity index (χ4v) is 4.66. The van der Waals surface area contributed by atoms with Gasteiger partial charge in [-0.2, -0.15) is 0 Å². The Kier molecular flexibility index (Phi) is 11.3. The van der Waals surface area contributed by atoms with E-state index in [2.05, 4.69) is 15.5 Å². The van der Waals surface area contributed by atoms with E-state index in [4.69, 9.17) is 35.9 Å². The molecule has 0 radical (unpaired) electrons. The number of carbonyl (C=O) groups excluding carboxylic acids is 4. The summed E-state index contributed by atoms with van der Waals surface area (Å²) in [6.45, 7) is 6.78. The molecule has 0 bridgehead atoms. The number of hydrogen-bond acceptors (Lipinski definition) is 12. The Labute approximate surface area is 247 Å². The average molecular weight is 607 g/mol. The molecule has 42 heavy (non-hydrogen) atoms. The molecule has 2 heterocycles. The van der Waals surface area contributed by atoms with Crippen molar-refractivity contribution in [3.63, 3.8) is 0 Å². The molecule has 1 aromatic heterocycles. The maximum absolute atomic E-state index is 12.0. The minimum absolute atomic E-state index is 0.0801. The molecule has 0 amide bonds. The Bertz CT molecular complexity index is 1360. The van der Waals surface area contributed by atoms with Crippen LogP contribution in [0.2, 0.25) is 0 Å². The van der Waals surface area contributed by atoms with E-state index in [1.807, 2.05) is 19.1 Å². The van der Waals surface area contributed by atoms with E-state index < -0.39 is 61.1 Å². The number of nitrogens with one attached hydrogen (secondary N) is 1. The number of carbonyl (C=O) groups is 4. The Morgan fingerprint density at radius 1 is 0.976 bits per heavy atom. The number of hydrogen-bond donors (Lipinski definition) is 2. The van der Waals surface area contributed by atoms with Crippen LogP contribution in [0.4, 0.5) is 5.69 Å². The van der Waals surface area contributed by atoms with Gasteiger partial charge in [-0.05, 0) is 24.7 Å². The van der Waals surface area contributed by atoms with Crippen molar-refractivity contribution in [1.82, 2.24) is 9.88 Å². The number of unbranched alkanes of at least 4 members (excludes halogenated alkanes) is 1. The lowest BCUT2D eigenvalue weighted by Crippen LogP contribution is -2.66. The minimum Gasteiger partial charge on any atom is -0.493 e. The average Bonchev–Trinajstić information content (AvgIpc) is 3.17. The van der Waals surface area contributed by atoms with Gasteiger partial charge in [0.15, 0.2) is 30.2 Å². The van der Waals surface area contributed by atoms with Gasteiger partial charge in [-0.1, -0.05) is 31.5 Å². The number of ether oxygens (including phenoxy) is 5. The summed E-state index contributed by atoms with van der Waals surface area (Å²) in [5, 5.41) is 22.3. The summed E-state index contributed by atoms with van der Waals surface area (Å²) in [7, 11) is 0. The maximum Gasteiger partial charge on any atom is 0.303 e. The quantitative estimate of drug-likeness (QED) is 0.175. The highest BCUT2D eigenvalue weighted by atomic mass is 32.1. The van der Waals surface area contributed by atoms with Crippen molar-refractivity contribution in [3.05, 3.63) is 24.3 Å². The number of thiocarbonyl (C=S) groups is 1. The van der Waals surface area contributed by atoms with Gasteiger partial charge in [-0.15, -0.1) is 10.2 Å². The van der Waals surface area contributed by atoms with Crippen LogP contribution in [0.25, 0.3) is 10.9 Å². The van der Waals surface area contributed by atoms with Crippen LogP contribution in [0.3, 0.4) is 0 Å². The van der Waals surface area contributed by atoms with E-state index in [0.29, 0.717) is 11.9 Å². The fraction of sp³-hybridized carbons (Fsp3) is 0.519. The summed E-state index contributed by atoms with van der Waals surface area (Å²) >= 11 is 5.36. The molecule has 1 aliphatic rings. The van der Waals surface area contributed by atoms with Gasteiger partial charge in [-0.3, -0.25) is 19.2 Å². The topological polar surface area (TPSA) is 176 Å². The van der Waals surface area contributed by atoms with Crippen molar-refractivity contribution >= 4 is 57.8 Å². The van der Waals surface area contributed by atoms with Gasteiger partial charge in [0.1, 0.15) is 12.7 Å². The van der Waals surface area contributed by atoms with Crippen molar-refractivity contribution in [3.8, 4) is 5.88 Å². The second-order valence-corrected chi connectivity index (χ2v) is 9.85. The second-order valence-electron chi connectivity index (χ2n) is 9.46. The van der Waals surface area contributed by atoms with Crippen LogP contribution in [0.1, 0.15) is 47.5 Å². The normalized spacial score (nSPS) is 22.0. The molecule has 0 saturated carbocycles. The number of aromatic nitrogens is 1. The molecule has 1 aromatic carbocycles. The van der Waals surface area contributed by atoms with E-state index in [1.54, 1.807) is 16.7 Å². The first-order valence-corrected chi connectivity index (χ1v) is 13.7. The predicted molar refractivity (Wildman–Crippen MR) is 151 cm³/mol. The third-order valence-electron chi connectivity index (χ3n) is 6.15. The Morgan fingerprint density at radius 2 is 1.60 bits per heavy atom. The van der Waals surface area contributed by atoms with E-state index in [1.165, 1.54) is 6.92 Å². The largest absolute Gasteiger partial charge is 0.493 e. The Balaban J connectivity index is 1.94. The summed E-state index contributed by atoms with van der Waals surface area (Å²) in [5.74, 6) is -2.99. The fourth-order valence-electron chi connectivity index (χ4n) is 4.50. The van der Waals surface area contributed by atoms with Crippen molar-refractivity contribution < 1.29 is 48.0 Å². The SMILES string of the molecule is CCCCn1c(O)c(N=NC(=S)N[C@@H]2O[C@H](COC(C)=O)[C@@H](OC(C)=O)[C@H](OC(C)=O)[C@H]2OC(C)=O)c2ccccc21. The number of para-hydroxylation sites is 1. The van der Waals surface area contributed by atoms with Gasteiger partial charge in [0.25, 0.3) is 0 Å². The first-order valence-electron chi connectivity index (χ1n) is 13.3. The number of aromatic hydroxyl groups is 1. The molecular weight excluding hydrogens is 572 g/mol. The summed E-state index contributed by atoms with van der Waals surface area (Å²) in [4.78, 5) is 47.4. The van der Waals surface area contributed by atoms with Crippen LogP contribution in [-0.4, -0.2) is 75.9 Å². The highest BCUT2D eigenvalue weighted by Gasteiger charge is 2.52. The van der Waals surface area contributed by atoms with Crippen LogP contribution >= 0.6 is 12.2 Å². The van der Waals surface area contributed by atoms with Crippen molar-refractivity contribution in [2.75, 3.05) is 6.61 Å². The third kappa shape index (κ3) is 8.22. The van der Waals surface area contributed by atoms with Gasteiger partial charge in [0.05, 0.1) is 5.52 Å².